The minimum Gasteiger partial charge on any atom is -0.493 e. The molecule has 3 heteroatoms. The highest BCUT2D eigenvalue weighted by atomic mass is 19.1. The molecule has 0 aliphatic heterocycles. The molecule has 0 aromatic carbocycles. The van der Waals surface area contributed by atoms with Crippen LogP contribution in [-0.2, 0) is 5.41 Å². The summed E-state index contributed by atoms with van der Waals surface area (Å²) in [5.74, 6) is 1.02. The highest BCUT2D eigenvalue weighted by molar-refractivity contribution is 5.30. The van der Waals surface area contributed by atoms with E-state index in [1.165, 1.54) is 13.2 Å². The van der Waals surface area contributed by atoms with Crippen LogP contribution in [0.2, 0.25) is 0 Å². The van der Waals surface area contributed by atoms with Gasteiger partial charge in [0.15, 0.2) is 11.5 Å². The van der Waals surface area contributed by atoms with Crippen LogP contribution in [0.1, 0.15) is 26.5 Å². The minimum atomic E-state index is -0.600. The highest BCUT2D eigenvalue weighted by Crippen LogP contribution is 2.33. The summed E-state index contributed by atoms with van der Waals surface area (Å²) in [4.78, 5) is 0. The molecule has 1 aromatic rings. The van der Waals surface area contributed by atoms with E-state index in [0.717, 1.165) is 0 Å². The molecule has 0 spiro atoms. The number of ether oxygens (including phenoxy) is 1. The Labute approximate surface area is 71.3 Å². The van der Waals surface area contributed by atoms with Crippen molar-refractivity contribution in [1.29, 1.82) is 0 Å². The molecule has 68 valence electrons. The third-order valence-electron chi connectivity index (χ3n) is 1.57. The van der Waals surface area contributed by atoms with Gasteiger partial charge in [0, 0.05) is 5.41 Å². The fourth-order valence-corrected chi connectivity index (χ4v) is 1.02. The van der Waals surface area contributed by atoms with Gasteiger partial charge >= 0.3 is 0 Å². The average molecular weight is 172 g/mol. The van der Waals surface area contributed by atoms with Gasteiger partial charge in [-0.3, -0.25) is 0 Å². The molecule has 0 aliphatic rings. The van der Waals surface area contributed by atoms with Gasteiger partial charge in [-0.1, -0.05) is 20.8 Å². The number of hydrogen-bond acceptors (Lipinski definition) is 2. The molecule has 0 aliphatic carbocycles. The molecule has 1 rings (SSSR count). The SMILES string of the molecule is COc1cc(F)oc1C(C)(C)C. The molecule has 0 bridgehead atoms. The Balaban J connectivity index is 3.13. The standard InChI is InChI=1S/C9H13FO2/c1-9(2,3)8-6(11-4)5-7(10)12-8/h5H,1-4H3. The van der Waals surface area contributed by atoms with Crippen LogP contribution in [0.3, 0.4) is 0 Å². The van der Waals surface area contributed by atoms with Crippen LogP contribution < -0.4 is 4.74 Å². The number of methoxy groups -OCH3 is 1. The Morgan fingerprint density at radius 1 is 1.42 bits per heavy atom. The van der Waals surface area contributed by atoms with Gasteiger partial charge in [-0.05, 0) is 0 Å². The summed E-state index contributed by atoms with van der Waals surface area (Å²) in [6.07, 6.45) is 0. The van der Waals surface area contributed by atoms with Crippen LogP contribution >= 0.6 is 0 Å². The zero-order valence-corrected chi connectivity index (χ0v) is 7.77. The first-order valence-electron chi connectivity index (χ1n) is 3.79. The summed E-state index contributed by atoms with van der Waals surface area (Å²) >= 11 is 0. The summed E-state index contributed by atoms with van der Waals surface area (Å²) in [5.41, 5.74) is -0.227. The van der Waals surface area contributed by atoms with E-state index in [1.54, 1.807) is 0 Å². The van der Waals surface area contributed by atoms with Crippen molar-refractivity contribution in [3.63, 3.8) is 0 Å². The van der Waals surface area contributed by atoms with Crippen molar-refractivity contribution >= 4 is 0 Å². The number of hydrogen-bond donors (Lipinski definition) is 0. The lowest BCUT2D eigenvalue weighted by Gasteiger charge is -2.15. The summed E-state index contributed by atoms with van der Waals surface area (Å²) in [5, 5.41) is 0. The lowest BCUT2D eigenvalue weighted by molar-refractivity contribution is 0.292. The van der Waals surface area contributed by atoms with Crippen LogP contribution in [0.4, 0.5) is 4.39 Å². The van der Waals surface area contributed by atoms with E-state index in [4.69, 9.17) is 9.15 Å². The molecule has 12 heavy (non-hydrogen) atoms. The number of rotatable bonds is 1. The van der Waals surface area contributed by atoms with Crippen molar-refractivity contribution in [3.05, 3.63) is 17.8 Å². The van der Waals surface area contributed by atoms with Crippen LogP contribution in [0.5, 0.6) is 5.75 Å². The molecule has 0 unspecified atom stereocenters. The zero-order chi connectivity index (χ0) is 9.35. The van der Waals surface area contributed by atoms with E-state index >= 15 is 0 Å². The molecule has 0 radical (unpaired) electrons. The van der Waals surface area contributed by atoms with Crippen LogP contribution in [0, 0.1) is 6.01 Å². The average Bonchev–Trinajstić information content (AvgIpc) is 2.29. The first-order valence-corrected chi connectivity index (χ1v) is 3.79. The van der Waals surface area contributed by atoms with Crippen molar-refractivity contribution in [1.82, 2.24) is 0 Å². The van der Waals surface area contributed by atoms with Gasteiger partial charge in [-0.25, -0.2) is 0 Å². The van der Waals surface area contributed by atoms with Crippen LogP contribution in [-0.4, -0.2) is 7.11 Å². The summed E-state index contributed by atoms with van der Waals surface area (Å²) in [6, 6.07) is 0.650. The molecule has 2 nitrogen and oxygen atoms in total. The molecule has 0 saturated carbocycles. The second-order valence-corrected chi connectivity index (χ2v) is 3.70. The third kappa shape index (κ3) is 1.60. The van der Waals surface area contributed by atoms with Gasteiger partial charge in [0.2, 0.25) is 0 Å². The Hall–Kier alpha value is -0.990. The first-order chi connectivity index (χ1) is 5.45. The van der Waals surface area contributed by atoms with Crippen LogP contribution in [0.15, 0.2) is 10.5 Å². The Morgan fingerprint density at radius 2 is 2.00 bits per heavy atom. The monoisotopic (exact) mass is 172 g/mol. The largest absolute Gasteiger partial charge is 0.493 e. The van der Waals surface area contributed by atoms with Crippen molar-refractivity contribution in [2.24, 2.45) is 0 Å². The van der Waals surface area contributed by atoms with Gasteiger partial charge in [-0.2, -0.15) is 4.39 Å². The van der Waals surface area contributed by atoms with Gasteiger partial charge in [0.05, 0.1) is 13.2 Å². The molecule has 1 heterocycles. The molecular weight excluding hydrogens is 159 g/mol. The Bertz CT molecular complexity index is 271. The topological polar surface area (TPSA) is 22.4 Å². The second-order valence-electron chi connectivity index (χ2n) is 3.70. The lowest BCUT2D eigenvalue weighted by atomic mass is 9.93. The second kappa shape index (κ2) is 2.81. The number of halogens is 1. The quantitative estimate of drug-likeness (QED) is 0.649. The maximum atomic E-state index is 12.7. The number of furan rings is 1. The zero-order valence-electron chi connectivity index (χ0n) is 7.77. The van der Waals surface area contributed by atoms with E-state index in [0.29, 0.717) is 11.5 Å². The van der Waals surface area contributed by atoms with Crippen molar-refractivity contribution in [2.75, 3.05) is 7.11 Å². The van der Waals surface area contributed by atoms with Crippen molar-refractivity contribution in [3.8, 4) is 5.75 Å². The van der Waals surface area contributed by atoms with E-state index in [1.807, 2.05) is 20.8 Å². The fraction of sp³-hybridized carbons (Fsp3) is 0.556. The molecule has 0 N–H and O–H groups in total. The molecule has 1 aromatic heterocycles. The molecule has 0 fully saturated rings. The lowest BCUT2D eigenvalue weighted by Crippen LogP contribution is -2.10. The minimum absolute atomic E-state index is 0.227. The molecule has 0 atom stereocenters. The van der Waals surface area contributed by atoms with E-state index in [-0.39, 0.29) is 5.41 Å². The molecular formula is C9H13FO2. The normalized spacial score (nSPS) is 11.8. The predicted molar refractivity (Wildman–Crippen MR) is 43.9 cm³/mol. The first kappa shape index (κ1) is 9.10. The predicted octanol–water partition coefficient (Wildman–Crippen LogP) is 2.72. The Kier molecular flexibility index (Phi) is 2.13. The Morgan fingerprint density at radius 3 is 2.33 bits per heavy atom. The van der Waals surface area contributed by atoms with Gasteiger partial charge in [-0.15, -0.1) is 0 Å². The van der Waals surface area contributed by atoms with Gasteiger partial charge in [0.25, 0.3) is 6.01 Å². The third-order valence-corrected chi connectivity index (χ3v) is 1.57. The summed E-state index contributed by atoms with van der Waals surface area (Å²) in [7, 11) is 1.50. The van der Waals surface area contributed by atoms with Crippen molar-refractivity contribution in [2.45, 2.75) is 26.2 Å². The highest BCUT2D eigenvalue weighted by Gasteiger charge is 2.24. The smallest absolute Gasteiger partial charge is 0.281 e. The maximum Gasteiger partial charge on any atom is 0.281 e. The van der Waals surface area contributed by atoms with Crippen LogP contribution in [0.25, 0.3) is 0 Å². The van der Waals surface area contributed by atoms with Gasteiger partial charge < -0.3 is 9.15 Å². The summed E-state index contributed by atoms with van der Waals surface area (Å²) < 4.78 is 22.5. The van der Waals surface area contributed by atoms with E-state index in [9.17, 15) is 4.39 Å². The molecule has 0 saturated heterocycles. The maximum absolute atomic E-state index is 12.7. The summed E-state index contributed by atoms with van der Waals surface area (Å²) in [6.45, 7) is 5.81. The van der Waals surface area contributed by atoms with E-state index < -0.39 is 6.01 Å². The molecule has 0 amide bonds. The van der Waals surface area contributed by atoms with Gasteiger partial charge in [0.1, 0.15) is 0 Å². The van der Waals surface area contributed by atoms with E-state index in [2.05, 4.69) is 0 Å². The van der Waals surface area contributed by atoms with Crippen molar-refractivity contribution < 1.29 is 13.5 Å². The fourth-order valence-electron chi connectivity index (χ4n) is 1.02.